The van der Waals surface area contributed by atoms with Gasteiger partial charge in [0.05, 0.1) is 5.52 Å². The smallest absolute Gasteiger partial charge is 0.321 e. The summed E-state index contributed by atoms with van der Waals surface area (Å²) < 4.78 is 2.09. The minimum Gasteiger partial charge on any atom is -0.321 e. The molecule has 4 rings (SSSR count). The molecule has 166 valence electrons. The number of nitrogens with one attached hydrogen (secondary N) is 3. The van der Waals surface area contributed by atoms with E-state index in [1.54, 1.807) is 66.7 Å². The summed E-state index contributed by atoms with van der Waals surface area (Å²) >= 11 is 9.41. The highest BCUT2D eigenvalue weighted by Gasteiger charge is 2.21. The number of rotatable bonds is 4. The number of amides is 3. The molecule has 0 aliphatic heterocycles. The van der Waals surface area contributed by atoms with E-state index in [0.29, 0.717) is 27.3 Å². The van der Waals surface area contributed by atoms with Gasteiger partial charge in [-0.05, 0) is 67.1 Å². The van der Waals surface area contributed by atoms with E-state index in [0.717, 1.165) is 10.0 Å². The van der Waals surface area contributed by atoms with Gasteiger partial charge in [-0.25, -0.2) is 4.68 Å². The Morgan fingerprint density at radius 1 is 0.848 bits per heavy atom. The van der Waals surface area contributed by atoms with Crippen molar-refractivity contribution in [3.8, 4) is 0 Å². The molecule has 9 heteroatoms. The Bertz CT molecular complexity index is 1400. The molecule has 7 nitrogen and oxygen atoms in total. The van der Waals surface area contributed by atoms with Crippen LogP contribution in [0.1, 0.15) is 16.1 Å². The summed E-state index contributed by atoms with van der Waals surface area (Å²) in [5.74, 6) is -2.27. The molecule has 0 aliphatic rings. The van der Waals surface area contributed by atoms with Crippen molar-refractivity contribution < 1.29 is 14.4 Å². The molecule has 1 heterocycles. The number of hydrogen-bond acceptors (Lipinski definition) is 3. The van der Waals surface area contributed by atoms with Crippen LogP contribution in [0.15, 0.2) is 77.3 Å². The van der Waals surface area contributed by atoms with E-state index in [4.69, 9.17) is 11.6 Å². The van der Waals surface area contributed by atoms with Crippen molar-refractivity contribution in [2.45, 2.75) is 6.92 Å². The van der Waals surface area contributed by atoms with Gasteiger partial charge in [-0.3, -0.25) is 19.8 Å². The first-order chi connectivity index (χ1) is 15.8. The van der Waals surface area contributed by atoms with Gasteiger partial charge in [-0.2, -0.15) is 0 Å². The monoisotopic (exact) mass is 524 g/mol. The Labute approximate surface area is 202 Å². The molecule has 0 spiro atoms. The average Bonchev–Trinajstić information content (AvgIpc) is 3.11. The van der Waals surface area contributed by atoms with Gasteiger partial charge in [0.25, 0.3) is 5.91 Å². The molecule has 3 N–H and O–H groups in total. The van der Waals surface area contributed by atoms with Gasteiger partial charge in [0.15, 0.2) is 0 Å². The van der Waals surface area contributed by atoms with Crippen LogP contribution in [0, 0.1) is 6.92 Å². The van der Waals surface area contributed by atoms with Gasteiger partial charge < -0.3 is 10.6 Å². The maximum atomic E-state index is 13.0. The molecule has 0 aliphatic carbocycles. The highest BCUT2D eigenvalue weighted by molar-refractivity contribution is 9.10. The molecule has 0 atom stereocenters. The highest BCUT2D eigenvalue weighted by atomic mass is 79.9. The van der Waals surface area contributed by atoms with Gasteiger partial charge in [-0.15, -0.1) is 0 Å². The van der Waals surface area contributed by atoms with Gasteiger partial charge >= 0.3 is 11.8 Å². The van der Waals surface area contributed by atoms with E-state index in [1.807, 2.05) is 13.0 Å². The van der Waals surface area contributed by atoms with Crippen LogP contribution in [0.3, 0.4) is 0 Å². The van der Waals surface area contributed by atoms with Crippen LogP contribution in [-0.4, -0.2) is 22.4 Å². The third-order valence-corrected chi connectivity index (χ3v) is 5.50. The largest absolute Gasteiger partial charge is 0.328 e. The number of anilines is 2. The number of aromatic nitrogens is 1. The number of aryl methyl sites for hydroxylation is 1. The van der Waals surface area contributed by atoms with Crippen LogP contribution >= 0.6 is 27.5 Å². The first-order valence-electron chi connectivity index (χ1n) is 9.87. The molecule has 0 saturated carbocycles. The molecule has 0 saturated heterocycles. The second kappa shape index (κ2) is 9.48. The number of carbonyl (C=O) groups excluding carboxylic acids is 3. The maximum Gasteiger partial charge on any atom is 0.328 e. The Balaban J connectivity index is 1.63. The molecular weight excluding hydrogens is 508 g/mol. The fourth-order valence-electron chi connectivity index (χ4n) is 3.30. The summed E-state index contributed by atoms with van der Waals surface area (Å²) in [7, 11) is 0. The summed E-state index contributed by atoms with van der Waals surface area (Å²) in [5.41, 5.74) is 5.15. The molecule has 0 radical (unpaired) electrons. The van der Waals surface area contributed by atoms with Crippen molar-refractivity contribution in [1.29, 1.82) is 0 Å². The lowest BCUT2D eigenvalue weighted by atomic mass is 10.2. The Hall–Kier alpha value is -3.62. The highest BCUT2D eigenvalue weighted by Crippen LogP contribution is 2.24. The lowest BCUT2D eigenvalue weighted by molar-refractivity contribution is -0.133. The molecule has 4 aromatic rings. The standard InChI is InChI=1S/C24H18BrClN4O3/c1-14-4-2-6-18(10-14)28-23(32)24(33)29-30-20-9-8-16(25)11-15(20)12-21(30)22(31)27-19-7-3-5-17(26)13-19/h2-13H,1H3,(H,27,31)(H,28,32)(H,29,33). The molecule has 0 unspecified atom stereocenters. The zero-order valence-electron chi connectivity index (χ0n) is 17.4. The van der Waals surface area contributed by atoms with E-state index < -0.39 is 17.7 Å². The van der Waals surface area contributed by atoms with Crippen LogP contribution in [0.4, 0.5) is 11.4 Å². The zero-order valence-corrected chi connectivity index (χ0v) is 19.7. The SMILES string of the molecule is Cc1cccc(NC(=O)C(=O)Nn2c(C(=O)Nc3cccc(Cl)c3)cc3cc(Br)ccc32)c1. The topological polar surface area (TPSA) is 92.2 Å². The summed E-state index contributed by atoms with van der Waals surface area (Å²) in [6.07, 6.45) is 0. The van der Waals surface area contributed by atoms with E-state index in [9.17, 15) is 14.4 Å². The lowest BCUT2D eigenvalue weighted by Crippen LogP contribution is -2.36. The summed E-state index contributed by atoms with van der Waals surface area (Å²) in [6.45, 7) is 1.88. The van der Waals surface area contributed by atoms with E-state index >= 15 is 0 Å². The van der Waals surface area contributed by atoms with Crippen LogP contribution < -0.4 is 16.1 Å². The Morgan fingerprint density at radius 3 is 2.30 bits per heavy atom. The van der Waals surface area contributed by atoms with Crippen LogP contribution in [-0.2, 0) is 9.59 Å². The fourth-order valence-corrected chi connectivity index (χ4v) is 3.87. The van der Waals surface area contributed by atoms with Gasteiger partial charge in [0.1, 0.15) is 5.69 Å². The third-order valence-electron chi connectivity index (χ3n) is 4.77. The number of fused-ring (bicyclic) bond motifs is 1. The van der Waals surface area contributed by atoms with Crippen molar-refractivity contribution in [3.05, 3.63) is 93.5 Å². The van der Waals surface area contributed by atoms with Crippen molar-refractivity contribution >= 4 is 67.5 Å². The number of carbonyl (C=O) groups is 3. The van der Waals surface area contributed by atoms with Crippen molar-refractivity contribution in [3.63, 3.8) is 0 Å². The first kappa shape index (κ1) is 22.6. The van der Waals surface area contributed by atoms with Crippen molar-refractivity contribution in [2.75, 3.05) is 16.1 Å². The molecular formula is C24H18BrClN4O3. The number of nitrogens with zero attached hydrogens (tertiary/aromatic N) is 1. The summed E-state index contributed by atoms with van der Waals surface area (Å²) in [5, 5.41) is 6.48. The number of hydrogen-bond donors (Lipinski definition) is 3. The second-order valence-corrected chi connectivity index (χ2v) is 8.65. The molecule has 1 aromatic heterocycles. The predicted octanol–water partition coefficient (Wildman–Crippen LogP) is 5.33. The first-order valence-corrected chi connectivity index (χ1v) is 11.0. The summed E-state index contributed by atoms with van der Waals surface area (Å²) in [4.78, 5) is 38.2. The van der Waals surface area contributed by atoms with Crippen molar-refractivity contribution in [2.24, 2.45) is 0 Å². The van der Waals surface area contributed by atoms with E-state index in [1.165, 1.54) is 4.68 Å². The summed E-state index contributed by atoms with van der Waals surface area (Å²) in [6, 6.07) is 20.7. The minimum absolute atomic E-state index is 0.139. The lowest BCUT2D eigenvalue weighted by Gasteiger charge is -2.13. The number of halogens is 2. The maximum absolute atomic E-state index is 13.0. The Morgan fingerprint density at radius 2 is 1.58 bits per heavy atom. The normalized spacial score (nSPS) is 10.6. The molecule has 3 aromatic carbocycles. The van der Waals surface area contributed by atoms with E-state index in [-0.39, 0.29) is 5.69 Å². The molecule has 0 bridgehead atoms. The van der Waals surface area contributed by atoms with Gasteiger partial charge in [0.2, 0.25) is 0 Å². The average molecular weight is 526 g/mol. The van der Waals surface area contributed by atoms with E-state index in [2.05, 4.69) is 32.0 Å². The van der Waals surface area contributed by atoms with Crippen LogP contribution in [0.25, 0.3) is 10.9 Å². The molecule has 0 fully saturated rings. The van der Waals surface area contributed by atoms with Gasteiger partial charge in [-0.1, -0.05) is 45.7 Å². The molecule has 33 heavy (non-hydrogen) atoms. The van der Waals surface area contributed by atoms with Crippen LogP contribution in [0.2, 0.25) is 5.02 Å². The van der Waals surface area contributed by atoms with Crippen molar-refractivity contribution in [1.82, 2.24) is 4.68 Å². The van der Waals surface area contributed by atoms with Gasteiger partial charge in [0, 0.05) is 26.3 Å². The molecule has 3 amide bonds. The van der Waals surface area contributed by atoms with Crippen LogP contribution in [0.5, 0.6) is 0 Å². The third kappa shape index (κ3) is 5.24. The predicted molar refractivity (Wildman–Crippen MR) is 133 cm³/mol. The zero-order chi connectivity index (χ0) is 23.5. The Kier molecular flexibility index (Phi) is 6.48. The minimum atomic E-state index is -0.922. The fraction of sp³-hybridized carbons (Fsp3) is 0.0417. The second-order valence-electron chi connectivity index (χ2n) is 7.30. The number of benzene rings is 3. The quantitative estimate of drug-likeness (QED) is 0.315.